The van der Waals surface area contributed by atoms with E-state index in [4.69, 9.17) is 4.74 Å². The number of nitrogens with zero attached hydrogens (tertiary/aromatic N) is 2. The molecule has 2 amide bonds. The highest BCUT2D eigenvalue weighted by Gasteiger charge is 2.29. The van der Waals surface area contributed by atoms with Gasteiger partial charge in [0, 0.05) is 25.1 Å². The number of nitrogens with one attached hydrogen (secondary N) is 1. The SMILES string of the molecule is O=C(CN1CCC(C(=O)N2CCOCC2)CC1)Nc1ccc(F)cc1F. The number of anilines is 1. The van der Waals surface area contributed by atoms with Crippen LogP contribution in [0.3, 0.4) is 0 Å². The second-order valence-electron chi connectivity index (χ2n) is 6.66. The van der Waals surface area contributed by atoms with Crippen molar-refractivity contribution in [3.63, 3.8) is 0 Å². The molecule has 2 fully saturated rings. The predicted octanol–water partition coefficient (Wildman–Crippen LogP) is 1.47. The second kappa shape index (κ2) is 8.55. The summed E-state index contributed by atoms with van der Waals surface area (Å²) >= 11 is 0. The number of ether oxygens (including phenoxy) is 1. The van der Waals surface area contributed by atoms with Crippen LogP contribution in [0.1, 0.15) is 12.8 Å². The Morgan fingerprint density at radius 2 is 1.81 bits per heavy atom. The molecular formula is C18H23F2N3O3. The molecule has 0 saturated carbocycles. The van der Waals surface area contributed by atoms with Crippen molar-refractivity contribution in [2.24, 2.45) is 5.92 Å². The number of likely N-dealkylation sites (tertiary alicyclic amines) is 1. The van der Waals surface area contributed by atoms with Crippen LogP contribution in [0.4, 0.5) is 14.5 Å². The molecule has 2 heterocycles. The van der Waals surface area contributed by atoms with Gasteiger partial charge in [-0.05, 0) is 38.1 Å². The number of hydrogen-bond acceptors (Lipinski definition) is 4. The lowest BCUT2D eigenvalue weighted by Gasteiger charge is -2.35. The molecule has 2 aliphatic heterocycles. The number of morpholine rings is 1. The lowest BCUT2D eigenvalue weighted by Crippen LogP contribution is -2.47. The first-order valence-electron chi connectivity index (χ1n) is 8.87. The first-order valence-corrected chi connectivity index (χ1v) is 8.87. The average molecular weight is 367 g/mol. The average Bonchev–Trinajstić information content (AvgIpc) is 2.65. The first kappa shape index (κ1) is 18.7. The van der Waals surface area contributed by atoms with Gasteiger partial charge in [0.25, 0.3) is 0 Å². The summed E-state index contributed by atoms with van der Waals surface area (Å²) in [6, 6.07) is 3.04. The van der Waals surface area contributed by atoms with E-state index in [1.165, 1.54) is 6.07 Å². The smallest absolute Gasteiger partial charge is 0.238 e. The number of benzene rings is 1. The quantitative estimate of drug-likeness (QED) is 0.876. The number of amides is 2. The van der Waals surface area contributed by atoms with Gasteiger partial charge in [0.1, 0.15) is 11.6 Å². The van der Waals surface area contributed by atoms with Crippen LogP contribution in [0.2, 0.25) is 0 Å². The number of piperidine rings is 1. The lowest BCUT2D eigenvalue weighted by atomic mass is 9.95. The fraction of sp³-hybridized carbons (Fsp3) is 0.556. The Hall–Kier alpha value is -2.06. The van der Waals surface area contributed by atoms with Gasteiger partial charge >= 0.3 is 0 Å². The van der Waals surface area contributed by atoms with Crippen molar-refractivity contribution >= 4 is 17.5 Å². The number of hydrogen-bond donors (Lipinski definition) is 1. The summed E-state index contributed by atoms with van der Waals surface area (Å²) in [5.41, 5.74) is -0.0335. The fourth-order valence-corrected chi connectivity index (χ4v) is 3.36. The predicted molar refractivity (Wildman–Crippen MR) is 91.6 cm³/mol. The number of carbonyl (C=O) groups excluding carboxylic acids is 2. The molecule has 0 spiro atoms. The number of carbonyl (C=O) groups is 2. The van der Waals surface area contributed by atoms with Crippen molar-refractivity contribution in [1.29, 1.82) is 0 Å². The molecule has 2 aliphatic rings. The zero-order valence-electron chi connectivity index (χ0n) is 14.5. The summed E-state index contributed by atoms with van der Waals surface area (Å²) in [5, 5.41) is 2.46. The highest BCUT2D eigenvalue weighted by atomic mass is 19.1. The largest absolute Gasteiger partial charge is 0.378 e. The molecule has 0 unspecified atom stereocenters. The van der Waals surface area contributed by atoms with Crippen LogP contribution in [0, 0.1) is 17.6 Å². The minimum Gasteiger partial charge on any atom is -0.378 e. The third-order valence-electron chi connectivity index (χ3n) is 4.83. The van der Waals surface area contributed by atoms with E-state index in [1.807, 2.05) is 9.80 Å². The minimum absolute atomic E-state index is 0.0121. The van der Waals surface area contributed by atoms with E-state index in [0.29, 0.717) is 52.2 Å². The molecule has 0 aliphatic carbocycles. The van der Waals surface area contributed by atoms with Crippen LogP contribution < -0.4 is 5.32 Å². The van der Waals surface area contributed by atoms with Gasteiger partial charge in [-0.15, -0.1) is 0 Å². The maximum absolute atomic E-state index is 13.6. The monoisotopic (exact) mass is 367 g/mol. The van der Waals surface area contributed by atoms with Gasteiger partial charge in [0.15, 0.2) is 0 Å². The van der Waals surface area contributed by atoms with E-state index >= 15 is 0 Å². The molecule has 26 heavy (non-hydrogen) atoms. The molecule has 1 aromatic rings. The molecule has 2 saturated heterocycles. The first-order chi connectivity index (χ1) is 12.5. The molecule has 0 bridgehead atoms. The van der Waals surface area contributed by atoms with E-state index in [0.717, 1.165) is 12.1 Å². The molecule has 0 atom stereocenters. The van der Waals surface area contributed by atoms with Gasteiger partial charge < -0.3 is 15.0 Å². The summed E-state index contributed by atoms with van der Waals surface area (Å²) in [4.78, 5) is 28.4. The van der Waals surface area contributed by atoms with Gasteiger partial charge in [-0.25, -0.2) is 8.78 Å². The number of halogens is 2. The second-order valence-corrected chi connectivity index (χ2v) is 6.66. The molecule has 8 heteroatoms. The third kappa shape index (κ3) is 4.76. The zero-order valence-corrected chi connectivity index (χ0v) is 14.5. The molecule has 0 radical (unpaired) electrons. The van der Waals surface area contributed by atoms with E-state index in [9.17, 15) is 18.4 Å². The third-order valence-corrected chi connectivity index (χ3v) is 4.83. The van der Waals surface area contributed by atoms with Crippen molar-refractivity contribution in [3.05, 3.63) is 29.8 Å². The standard InChI is InChI=1S/C18H23F2N3O3/c19-14-1-2-16(15(20)11-14)21-17(24)12-22-5-3-13(4-6-22)18(25)23-7-9-26-10-8-23/h1-2,11,13H,3-10,12H2,(H,21,24). The summed E-state index contributed by atoms with van der Waals surface area (Å²) in [6.45, 7) is 3.86. The zero-order chi connectivity index (χ0) is 18.5. The van der Waals surface area contributed by atoms with Crippen molar-refractivity contribution in [2.75, 3.05) is 51.3 Å². The minimum atomic E-state index is -0.798. The van der Waals surface area contributed by atoms with Gasteiger partial charge in [-0.2, -0.15) is 0 Å². The van der Waals surface area contributed by atoms with Gasteiger partial charge in [-0.1, -0.05) is 0 Å². The summed E-state index contributed by atoms with van der Waals surface area (Å²) in [6.07, 6.45) is 1.41. The topological polar surface area (TPSA) is 61.9 Å². The molecule has 1 aromatic carbocycles. The Morgan fingerprint density at radius 3 is 2.46 bits per heavy atom. The van der Waals surface area contributed by atoms with E-state index in [1.54, 1.807) is 0 Å². The van der Waals surface area contributed by atoms with Crippen LogP contribution >= 0.6 is 0 Å². The lowest BCUT2D eigenvalue weighted by molar-refractivity contribution is -0.141. The summed E-state index contributed by atoms with van der Waals surface area (Å²) in [7, 11) is 0. The van der Waals surface area contributed by atoms with Gasteiger partial charge in [0.2, 0.25) is 11.8 Å². The Balaban J connectivity index is 1.44. The maximum atomic E-state index is 13.6. The summed E-state index contributed by atoms with van der Waals surface area (Å²) in [5.74, 6) is -1.68. The van der Waals surface area contributed by atoms with Crippen LogP contribution in [0.5, 0.6) is 0 Å². The van der Waals surface area contributed by atoms with Crippen molar-refractivity contribution in [1.82, 2.24) is 9.80 Å². The number of rotatable bonds is 4. The normalized spacial score (nSPS) is 19.4. The van der Waals surface area contributed by atoms with Gasteiger partial charge in [-0.3, -0.25) is 14.5 Å². The molecule has 142 valence electrons. The summed E-state index contributed by atoms with van der Waals surface area (Å²) < 4.78 is 31.7. The van der Waals surface area contributed by atoms with Crippen LogP contribution in [0.25, 0.3) is 0 Å². The Bertz CT molecular complexity index is 657. The van der Waals surface area contributed by atoms with Gasteiger partial charge in [0.05, 0.1) is 25.4 Å². The Morgan fingerprint density at radius 1 is 1.12 bits per heavy atom. The van der Waals surface area contributed by atoms with Crippen LogP contribution in [-0.4, -0.2) is 67.6 Å². The Labute approximate surface area is 151 Å². The van der Waals surface area contributed by atoms with Crippen LogP contribution in [-0.2, 0) is 14.3 Å². The maximum Gasteiger partial charge on any atom is 0.238 e. The molecule has 3 rings (SSSR count). The van der Waals surface area contributed by atoms with E-state index in [-0.39, 0.29) is 30.0 Å². The van der Waals surface area contributed by atoms with Crippen LogP contribution in [0.15, 0.2) is 18.2 Å². The van der Waals surface area contributed by atoms with Crippen molar-refractivity contribution < 1.29 is 23.1 Å². The Kier molecular flexibility index (Phi) is 6.16. The highest BCUT2D eigenvalue weighted by Crippen LogP contribution is 2.21. The molecule has 6 nitrogen and oxygen atoms in total. The molecule has 0 aromatic heterocycles. The van der Waals surface area contributed by atoms with Crippen molar-refractivity contribution in [3.8, 4) is 0 Å². The van der Waals surface area contributed by atoms with E-state index < -0.39 is 11.6 Å². The molecular weight excluding hydrogens is 344 g/mol. The highest BCUT2D eigenvalue weighted by molar-refractivity contribution is 5.92. The molecule has 1 N–H and O–H groups in total. The fourth-order valence-electron chi connectivity index (χ4n) is 3.36. The van der Waals surface area contributed by atoms with Crippen molar-refractivity contribution in [2.45, 2.75) is 12.8 Å². The van der Waals surface area contributed by atoms with E-state index in [2.05, 4.69) is 5.32 Å².